The molecule has 0 unspecified atom stereocenters. The lowest BCUT2D eigenvalue weighted by Gasteiger charge is -2.45. The fourth-order valence-electron chi connectivity index (χ4n) is 3.59. The summed E-state index contributed by atoms with van der Waals surface area (Å²) >= 11 is 0. The summed E-state index contributed by atoms with van der Waals surface area (Å²) in [5.41, 5.74) is -1.08. The van der Waals surface area contributed by atoms with Gasteiger partial charge in [-0.3, -0.25) is 4.79 Å². The second kappa shape index (κ2) is 4.17. The molecule has 4 heteroatoms. The SMILES string of the molecule is CC1(C)C[C@H](O[Si](C)(C)C(C)(C)C)C[C@@]2(C)O[C@@]12C=O. The predicted molar refractivity (Wildman–Crippen MR) is 83.4 cm³/mol. The monoisotopic (exact) mass is 298 g/mol. The Morgan fingerprint density at radius 1 is 1.20 bits per heavy atom. The molecule has 0 aromatic heterocycles. The molecule has 0 aromatic rings. The Labute approximate surface area is 124 Å². The van der Waals surface area contributed by atoms with Gasteiger partial charge in [-0.2, -0.15) is 0 Å². The molecule has 0 amide bonds. The zero-order valence-corrected chi connectivity index (χ0v) is 15.3. The summed E-state index contributed by atoms with van der Waals surface area (Å²) in [5.74, 6) is 0. The van der Waals surface area contributed by atoms with Crippen LogP contribution in [0.5, 0.6) is 0 Å². The molecule has 1 saturated carbocycles. The molecule has 0 radical (unpaired) electrons. The zero-order chi connectivity index (χ0) is 15.6. The van der Waals surface area contributed by atoms with Crippen LogP contribution < -0.4 is 0 Å². The van der Waals surface area contributed by atoms with Crippen molar-refractivity contribution in [3.05, 3.63) is 0 Å². The molecule has 116 valence electrons. The topological polar surface area (TPSA) is 38.8 Å². The summed E-state index contributed by atoms with van der Waals surface area (Å²) in [6, 6.07) is 0. The molecule has 2 fully saturated rings. The number of carbonyl (C=O) groups is 1. The zero-order valence-electron chi connectivity index (χ0n) is 14.3. The molecule has 20 heavy (non-hydrogen) atoms. The van der Waals surface area contributed by atoms with E-state index in [1.165, 1.54) is 0 Å². The van der Waals surface area contributed by atoms with Gasteiger partial charge in [-0.15, -0.1) is 0 Å². The van der Waals surface area contributed by atoms with Gasteiger partial charge >= 0.3 is 0 Å². The number of carbonyl (C=O) groups excluding carboxylic acids is 1. The van der Waals surface area contributed by atoms with Gasteiger partial charge in [-0.25, -0.2) is 0 Å². The van der Waals surface area contributed by atoms with E-state index < -0.39 is 13.9 Å². The van der Waals surface area contributed by atoms with Crippen molar-refractivity contribution in [2.75, 3.05) is 0 Å². The second-order valence-corrected chi connectivity index (χ2v) is 13.7. The van der Waals surface area contributed by atoms with Gasteiger partial charge in [-0.1, -0.05) is 34.6 Å². The molecule has 3 atom stereocenters. The first kappa shape index (κ1) is 16.2. The first-order valence-corrected chi connectivity index (χ1v) is 10.6. The van der Waals surface area contributed by atoms with Gasteiger partial charge in [0, 0.05) is 17.9 Å². The van der Waals surface area contributed by atoms with Gasteiger partial charge in [-0.05, 0) is 31.5 Å². The quantitative estimate of drug-likeness (QED) is 0.450. The van der Waals surface area contributed by atoms with Crippen molar-refractivity contribution < 1.29 is 14.0 Å². The molecule has 1 aliphatic carbocycles. The third kappa shape index (κ3) is 2.11. The maximum absolute atomic E-state index is 11.5. The molecule has 2 rings (SSSR count). The molecule has 0 N–H and O–H groups in total. The fourth-order valence-corrected chi connectivity index (χ4v) is 4.94. The molecule has 1 heterocycles. The van der Waals surface area contributed by atoms with E-state index in [9.17, 15) is 4.79 Å². The third-order valence-electron chi connectivity index (χ3n) is 5.92. The van der Waals surface area contributed by atoms with Gasteiger partial charge in [0.25, 0.3) is 0 Å². The Balaban J connectivity index is 2.17. The van der Waals surface area contributed by atoms with Gasteiger partial charge in [0.15, 0.2) is 20.2 Å². The van der Waals surface area contributed by atoms with Gasteiger partial charge in [0.05, 0.1) is 0 Å². The van der Waals surface area contributed by atoms with E-state index in [1.807, 2.05) is 0 Å². The molecule has 1 saturated heterocycles. The minimum absolute atomic E-state index is 0.158. The Bertz CT molecular complexity index is 424. The van der Waals surface area contributed by atoms with Crippen molar-refractivity contribution in [2.24, 2.45) is 5.41 Å². The van der Waals surface area contributed by atoms with Crippen LogP contribution in [0.3, 0.4) is 0 Å². The maximum Gasteiger partial charge on any atom is 0.192 e. The number of fused-ring (bicyclic) bond motifs is 1. The van der Waals surface area contributed by atoms with Crippen LogP contribution in [0.25, 0.3) is 0 Å². The molecular weight excluding hydrogens is 268 g/mol. The van der Waals surface area contributed by atoms with Crippen molar-refractivity contribution in [3.8, 4) is 0 Å². The summed E-state index contributed by atoms with van der Waals surface area (Å²) < 4.78 is 12.5. The van der Waals surface area contributed by atoms with Crippen LogP contribution in [0.15, 0.2) is 0 Å². The summed E-state index contributed by atoms with van der Waals surface area (Å²) in [6.07, 6.45) is 2.96. The van der Waals surface area contributed by atoms with E-state index in [2.05, 4.69) is 54.6 Å². The summed E-state index contributed by atoms with van der Waals surface area (Å²) in [5, 5.41) is 0.210. The number of rotatable bonds is 3. The van der Waals surface area contributed by atoms with Crippen molar-refractivity contribution >= 4 is 14.6 Å². The fraction of sp³-hybridized carbons (Fsp3) is 0.938. The average molecular weight is 298 g/mol. The Morgan fingerprint density at radius 2 is 1.75 bits per heavy atom. The highest BCUT2D eigenvalue weighted by atomic mass is 28.4. The van der Waals surface area contributed by atoms with Crippen molar-refractivity contribution in [2.45, 2.75) is 89.8 Å². The van der Waals surface area contributed by atoms with Crippen LogP contribution in [0, 0.1) is 5.41 Å². The van der Waals surface area contributed by atoms with E-state index in [0.717, 1.165) is 19.1 Å². The molecule has 0 spiro atoms. The molecule has 0 bridgehead atoms. The smallest absolute Gasteiger partial charge is 0.192 e. The lowest BCUT2D eigenvalue weighted by Crippen LogP contribution is -2.52. The molecule has 0 aromatic carbocycles. The first-order valence-electron chi connectivity index (χ1n) is 7.65. The Hall–Kier alpha value is -0.193. The van der Waals surface area contributed by atoms with Crippen LogP contribution >= 0.6 is 0 Å². The predicted octanol–water partition coefficient (Wildman–Crippen LogP) is 3.92. The lowest BCUT2D eigenvalue weighted by atomic mass is 9.64. The van der Waals surface area contributed by atoms with Crippen LogP contribution in [0.1, 0.15) is 54.4 Å². The average Bonchev–Trinajstić information content (AvgIpc) is 2.82. The normalized spacial score (nSPS) is 40.1. The van der Waals surface area contributed by atoms with Gasteiger partial charge in [0.2, 0.25) is 0 Å². The van der Waals surface area contributed by atoms with E-state index in [4.69, 9.17) is 9.16 Å². The standard InChI is InChI=1S/C16H30O3Si/c1-13(2,3)20(7,8)18-12-9-14(4,5)16(11-17)15(6,10-12)19-16/h11-12H,9-10H2,1-8H3/t12-,15+,16-/m0/s1. The lowest BCUT2D eigenvalue weighted by molar-refractivity contribution is -0.117. The summed E-state index contributed by atoms with van der Waals surface area (Å²) in [4.78, 5) is 11.5. The van der Waals surface area contributed by atoms with Gasteiger partial charge in [0.1, 0.15) is 5.60 Å². The maximum atomic E-state index is 11.5. The Morgan fingerprint density at radius 3 is 2.15 bits per heavy atom. The van der Waals surface area contributed by atoms with Crippen LogP contribution in [-0.4, -0.2) is 31.9 Å². The largest absolute Gasteiger partial charge is 0.414 e. The number of hydrogen-bond acceptors (Lipinski definition) is 3. The van der Waals surface area contributed by atoms with E-state index >= 15 is 0 Å². The number of aldehydes is 1. The highest BCUT2D eigenvalue weighted by Crippen LogP contribution is 2.64. The van der Waals surface area contributed by atoms with Crippen LogP contribution in [-0.2, 0) is 14.0 Å². The highest BCUT2D eigenvalue weighted by Gasteiger charge is 2.76. The minimum Gasteiger partial charge on any atom is -0.414 e. The van der Waals surface area contributed by atoms with Crippen molar-refractivity contribution in [1.82, 2.24) is 0 Å². The van der Waals surface area contributed by atoms with Crippen LogP contribution in [0.4, 0.5) is 0 Å². The van der Waals surface area contributed by atoms with Gasteiger partial charge < -0.3 is 9.16 Å². The summed E-state index contributed by atoms with van der Waals surface area (Å²) in [7, 11) is -1.78. The molecule has 1 aliphatic heterocycles. The third-order valence-corrected chi connectivity index (χ3v) is 10.5. The van der Waals surface area contributed by atoms with E-state index in [1.54, 1.807) is 0 Å². The Kier molecular flexibility index (Phi) is 3.38. The van der Waals surface area contributed by atoms with E-state index in [0.29, 0.717) is 0 Å². The van der Waals surface area contributed by atoms with E-state index in [-0.39, 0.29) is 22.2 Å². The van der Waals surface area contributed by atoms with Crippen LogP contribution in [0.2, 0.25) is 18.1 Å². The molecule has 3 nitrogen and oxygen atoms in total. The summed E-state index contributed by atoms with van der Waals surface area (Å²) in [6.45, 7) is 17.7. The van der Waals surface area contributed by atoms with Crippen molar-refractivity contribution in [3.63, 3.8) is 0 Å². The minimum atomic E-state index is -1.78. The number of hydrogen-bond donors (Lipinski definition) is 0. The molecular formula is C16H30O3Si. The second-order valence-electron chi connectivity index (χ2n) is 8.98. The first-order chi connectivity index (χ1) is 8.80. The number of ether oxygens (including phenoxy) is 1. The number of epoxide rings is 1. The molecule has 2 aliphatic rings. The van der Waals surface area contributed by atoms with Crippen molar-refractivity contribution in [1.29, 1.82) is 0 Å². The highest BCUT2D eigenvalue weighted by molar-refractivity contribution is 6.74.